The standard InChI is InChI=1S/C25H19NO4/c1-15(27)16-3-5-17(6-4-16)19-9-12-23-21(13-19)22(25(28)29)14-24(26-23)18-7-10-20(30-2)11-8-18/h3-14H,1-2H3,(H,28,29). The van der Waals surface area contributed by atoms with Crippen molar-refractivity contribution >= 4 is 22.7 Å². The lowest BCUT2D eigenvalue weighted by Gasteiger charge is -2.10. The average molecular weight is 397 g/mol. The first kappa shape index (κ1) is 19.3. The molecule has 0 atom stereocenters. The van der Waals surface area contributed by atoms with Crippen molar-refractivity contribution in [3.63, 3.8) is 0 Å². The molecule has 0 fully saturated rings. The molecule has 5 heteroatoms. The van der Waals surface area contributed by atoms with Gasteiger partial charge in [-0.05, 0) is 60.5 Å². The maximum Gasteiger partial charge on any atom is 0.336 e. The SMILES string of the molecule is COc1ccc(-c2cc(C(=O)O)c3cc(-c4ccc(C(C)=O)cc4)ccc3n2)cc1. The fourth-order valence-electron chi connectivity index (χ4n) is 3.39. The van der Waals surface area contributed by atoms with Crippen LogP contribution >= 0.6 is 0 Å². The maximum absolute atomic E-state index is 12.0. The summed E-state index contributed by atoms with van der Waals surface area (Å²) in [5.41, 5.74) is 4.58. The van der Waals surface area contributed by atoms with Crippen molar-refractivity contribution in [2.24, 2.45) is 0 Å². The van der Waals surface area contributed by atoms with Crippen molar-refractivity contribution in [1.82, 2.24) is 4.98 Å². The number of rotatable bonds is 5. The van der Waals surface area contributed by atoms with Crippen molar-refractivity contribution in [2.45, 2.75) is 6.92 Å². The van der Waals surface area contributed by atoms with Crippen LogP contribution in [-0.2, 0) is 0 Å². The molecule has 0 radical (unpaired) electrons. The van der Waals surface area contributed by atoms with Crippen LogP contribution in [0.2, 0.25) is 0 Å². The molecule has 0 aliphatic heterocycles. The molecule has 30 heavy (non-hydrogen) atoms. The molecule has 1 heterocycles. The minimum Gasteiger partial charge on any atom is -0.497 e. The normalized spacial score (nSPS) is 10.7. The second kappa shape index (κ2) is 7.79. The van der Waals surface area contributed by atoms with Gasteiger partial charge < -0.3 is 9.84 Å². The Hall–Kier alpha value is -3.99. The summed E-state index contributed by atoms with van der Waals surface area (Å²) >= 11 is 0. The van der Waals surface area contributed by atoms with E-state index in [-0.39, 0.29) is 11.3 Å². The van der Waals surface area contributed by atoms with Gasteiger partial charge in [0, 0.05) is 16.5 Å². The number of methoxy groups -OCH3 is 1. The van der Waals surface area contributed by atoms with E-state index < -0.39 is 5.97 Å². The highest BCUT2D eigenvalue weighted by molar-refractivity contribution is 6.05. The van der Waals surface area contributed by atoms with Crippen LogP contribution in [0.15, 0.2) is 72.8 Å². The Bertz CT molecular complexity index is 1260. The van der Waals surface area contributed by atoms with E-state index in [1.165, 1.54) is 6.92 Å². The van der Waals surface area contributed by atoms with Gasteiger partial charge in [-0.2, -0.15) is 0 Å². The predicted octanol–water partition coefficient (Wildman–Crippen LogP) is 5.48. The summed E-state index contributed by atoms with van der Waals surface area (Å²) in [4.78, 5) is 28.1. The van der Waals surface area contributed by atoms with Crippen LogP contribution in [0.3, 0.4) is 0 Å². The van der Waals surface area contributed by atoms with E-state index in [0.29, 0.717) is 22.2 Å². The topological polar surface area (TPSA) is 76.5 Å². The summed E-state index contributed by atoms with van der Waals surface area (Å²) in [6.07, 6.45) is 0. The molecule has 5 nitrogen and oxygen atoms in total. The molecule has 0 aliphatic rings. The zero-order valence-corrected chi connectivity index (χ0v) is 16.5. The van der Waals surface area contributed by atoms with Gasteiger partial charge in [0.25, 0.3) is 0 Å². The van der Waals surface area contributed by atoms with Crippen LogP contribution in [0.5, 0.6) is 5.75 Å². The van der Waals surface area contributed by atoms with Gasteiger partial charge in [0.15, 0.2) is 5.78 Å². The number of pyridine rings is 1. The Morgan fingerprint density at radius 1 is 0.833 bits per heavy atom. The molecular weight excluding hydrogens is 378 g/mol. The quantitative estimate of drug-likeness (QED) is 0.451. The fraction of sp³-hybridized carbons (Fsp3) is 0.0800. The maximum atomic E-state index is 12.0. The van der Waals surface area contributed by atoms with Gasteiger partial charge in [0.1, 0.15) is 5.75 Å². The number of ketones is 1. The summed E-state index contributed by atoms with van der Waals surface area (Å²) in [7, 11) is 1.59. The van der Waals surface area contributed by atoms with Gasteiger partial charge in [-0.15, -0.1) is 0 Å². The van der Waals surface area contributed by atoms with Gasteiger partial charge in [-0.3, -0.25) is 4.79 Å². The number of carbonyl (C=O) groups is 2. The molecule has 4 aromatic rings. The van der Waals surface area contributed by atoms with E-state index in [0.717, 1.165) is 22.4 Å². The zero-order valence-electron chi connectivity index (χ0n) is 16.5. The molecule has 0 spiro atoms. The third kappa shape index (κ3) is 3.65. The van der Waals surface area contributed by atoms with Crippen molar-refractivity contribution in [3.8, 4) is 28.1 Å². The molecule has 0 aliphatic carbocycles. The van der Waals surface area contributed by atoms with E-state index in [9.17, 15) is 14.7 Å². The van der Waals surface area contributed by atoms with E-state index in [1.54, 1.807) is 25.3 Å². The fourth-order valence-corrected chi connectivity index (χ4v) is 3.39. The Kier molecular flexibility index (Phi) is 5.02. The largest absolute Gasteiger partial charge is 0.497 e. The number of carboxylic acid groups (broad SMARTS) is 1. The molecule has 1 aromatic heterocycles. The van der Waals surface area contributed by atoms with E-state index >= 15 is 0 Å². The first-order valence-corrected chi connectivity index (χ1v) is 9.40. The molecule has 1 N–H and O–H groups in total. The summed E-state index contributed by atoms with van der Waals surface area (Å²) < 4.78 is 5.18. The van der Waals surface area contributed by atoms with Crippen molar-refractivity contribution in [3.05, 3.63) is 83.9 Å². The zero-order chi connectivity index (χ0) is 21.3. The summed E-state index contributed by atoms with van der Waals surface area (Å²) in [6.45, 7) is 1.52. The highest BCUT2D eigenvalue weighted by Crippen LogP contribution is 2.30. The molecule has 3 aromatic carbocycles. The van der Waals surface area contributed by atoms with E-state index in [2.05, 4.69) is 4.98 Å². The van der Waals surface area contributed by atoms with Crippen molar-refractivity contribution in [1.29, 1.82) is 0 Å². The molecule has 0 bridgehead atoms. The number of benzene rings is 3. The second-order valence-electron chi connectivity index (χ2n) is 6.95. The van der Waals surface area contributed by atoms with Crippen LogP contribution in [-0.4, -0.2) is 29.0 Å². The number of fused-ring (bicyclic) bond motifs is 1. The average Bonchev–Trinajstić information content (AvgIpc) is 2.78. The highest BCUT2D eigenvalue weighted by Gasteiger charge is 2.14. The summed E-state index contributed by atoms with van der Waals surface area (Å²) in [6, 6.07) is 21.7. The van der Waals surface area contributed by atoms with Crippen molar-refractivity contribution < 1.29 is 19.4 Å². The molecule has 148 valence electrons. The molecule has 0 saturated carbocycles. The van der Waals surface area contributed by atoms with Crippen LogP contribution in [0.25, 0.3) is 33.3 Å². The van der Waals surface area contributed by atoms with Crippen LogP contribution in [0.4, 0.5) is 0 Å². The third-order valence-electron chi connectivity index (χ3n) is 5.05. The molecule has 0 unspecified atom stereocenters. The Morgan fingerprint density at radius 3 is 2.07 bits per heavy atom. The van der Waals surface area contributed by atoms with Gasteiger partial charge >= 0.3 is 5.97 Å². The lowest BCUT2D eigenvalue weighted by Crippen LogP contribution is -2.00. The van der Waals surface area contributed by atoms with E-state index in [4.69, 9.17) is 4.74 Å². The Balaban J connectivity index is 1.82. The number of Topliss-reactive ketones (excluding diaryl/α,β-unsaturated/α-hetero) is 1. The van der Waals surface area contributed by atoms with Gasteiger partial charge in [-0.25, -0.2) is 9.78 Å². The molecule has 4 rings (SSSR count). The van der Waals surface area contributed by atoms with Crippen LogP contribution in [0.1, 0.15) is 27.6 Å². The minimum atomic E-state index is -1.01. The predicted molar refractivity (Wildman–Crippen MR) is 116 cm³/mol. The number of nitrogens with zero attached hydrogens (tertiary/aromatic N) is 1. The highest BCUT2D eigenvalue weighted by atomic mass is 16.5. The van der Waals surface area contributed by atoms with Crippen LogP contribution < -0.4 is 4.74 Å². The molecule has 0 saturated heterocycles. The van der Waals surface area contributed by atoms with E-state index in [1.807, 2.05) is 54.6 Å². The summed E-state index contributed by atoms with van der Waals surface area (Å²) in [5, 5.41) is 10.4. The lowest BCUT2D eigenvalue weighted by atomic mass is 9.98. The third-order valence-corrected chi connectivity index (χ3v) is 5.05. The second-order valence-corrected chi connectivity index (χ2v) is 6.95. The smallest absolute Gasteiger partial charge is 0.336 e. The Morgan fingerprint density at radius 2 is 1.47 bits per heavy atom. The Labute approximate surface area is 173 Å². The van der Waals surface area contributed by atoms with Gasteiger partial charge in [0.05, 0.1) is 23.9 Å². The molecule has 0 amide bonds. The van der Waals surface area contributed by atoms with Gasteiger partial charge in [0.2, 0.25) is 0 Å². The number of aromatic nitrogens is 1. The van der Waals surface area contributed by atoms with Crippen molar-refractivity contribution in [2.75, 3.05) is 7.11 Å². The number of carboxylic acids is 1. The number of ether oxygens (including phenoxy) is 1. The number of aromatic carboxylic acids is 1. The number of carbonyl (C=O) groups excluding carboxylic acids is 1. The number of hydrogen-bond donors (Lipinski definition) is 1. The lowest BCUT2D eigenvalue weighted by molar-refractivity contribution is 0.0698. The first-order chi connectivity index (χ1) is 14.5. The first-order valence-electron chi connectivity index (χ1n) is 9.40. The number of hydrogen-bond acceptors (Lipinski definition) is 4. The summed E-state index contributed by atoms with van der Waals surface area (Å²) in [5.74, 6) is -0.289. The minimum absolute atomic E-state index is 0.00323. The monoisotopic (exact) mass is 397 g/mol. The molecular formula is C25H19NO4. The van der Waals surface area contributed by atoms with Gasteiger partial charge in [-0.1, -0.05) is 30.3 Å². The van der Waals surface area contributed by atoms with Crippen LogP contribution in [0, 0.1) is 0 Å².